The van der Waals surface area contributed by atoms with Gasteiger partial charge < -0.3 is 15.4 Å². The SMILES string of the molecule is COc1ccc(NC(=O)CC2(CC(=O)Nc3nccs3)CCCCC2)c(Cl)c1. The lowest BCUT2D eigenvalue weighted by Crippen LogP contribution is -2.34. The van der Waals surface area contributed by atoms with Crippen LogP contribution in [0.25, 0.3) is 0 Å². The van der Waals surface area contributed by atoms with E-state index in [1.807, 2.05) is 5.38 Å². The Kier molecular flexibility index (Phi) is 6.91. The lowest BCUT2D eigenvalue weighted by Gasteiger charge is -2.36. The maximum Gasteiger partial charge on any atom is 0.226 e. The van der Waals surface area contributed by atoms with Crippen molar-refractivity contribution >= 4 is 45.6 Å². The van der Waals surface area contributed by atoms with E-state index in [1.165, 1.54) is 11.3 Å². The molecule has 1 aliphatic carbocycles. The van der Waals surface area contributed by atoms with E-state index in [1.54, 1.807) is 31.5 Å². The lowest BCUT2D eigenvalue weighted by molar-refractivity contribution is -0.122. The molecule has 1 saturated carbocycles. The van der Waals surface area contributed by atoms with E-state index in [2.05, 4.69) is 15.6 Å². The zero-order valence-corrected chi connectivity index (χ0v) is 17.4. The molecule has 0 unspecified atom stereocenters. The maximum absolute atomic E-state index is 12.7. The number of anilines is 2. The molecule has 2 aromatic rings. The molecule has 0 bridgehead atoms. The van der Waals surface area contributed by atoms with Crippen LogP contribution in [0.15, 0.2) is 29.8 Å². The maximum atomic E-state index is 12.7. The van der Waals surface area contributed by atoms with E-state index in [-0.39, 0.29) is 17.2 Å². The zero-order chi connectivity index (χ0) is 20.0. The Labute approximate surface area is 173 Å². The molecule has 0 saturated heterocycles. The van der Waals surface area contributed by atoms with Crippen LogP contribution < -0.4 is 15.4 Å². The summed E-state index contributed by atoms with van der Waals surface area (Å²) >= 11 is 7.61. The summed E-state index contributed by atoms with van der Waals surface area (Å²) in [7, 11) is 1.56. The van der Waals surface area contributed by atoms with Crippen LogP contribution in [0.2, 0.25) is 5.02 Å². The number of benzene rings is 1. The minimum Gasteiger partial charge on any atom is -0.497 e. The van der Waals surface area contributed by atoms with E-state index in [0.717, 1.165) is 32.1 Å². The monoisotopic (exact) mass is 421 g/mol. The molecule has 8 heteroatoms. The topological polar surface area (TPSA) is 80.3 Å². The Hall–Kier alpha value is -2.12. The number of nitrogens with one attached hydrogen (secondary N) is 2. The molecular formula is C20H24ClN3O3S. The van der Waals surface area contributed by atoms with Crippen molar-refractivity contribution in [2.45, 2.75) is 44.9 Å². The number of nitrogens with zero attached hydrogens (tertiary/aromatic N) is 1. The van der Waals surface area contributed by atoms with Crippen LogP contribution in [0.4, 0.5) is 10.8 Å². The predicted octanol–water partition coefficient (Wildman–Crippen LogP) is 5.11. The Morgan fingerprint density at radius 3 is 2.50 bits per heavy atom. The van der Waals surface area contributed by atoms with Gasteiger partial charge in [0.1, 0.15) is 5.75 Å². The number of carbonyl (C=O) groups excluding carboxylic acids is 2. The highest BCUT2D eigenvalue weighted by Crippen LogP contribution is 2.43. The van der Waals surface area contributed by atoms with Crippen molar-refractivity contribution in [1.82, 2.24) is 4.98 Å². The fraction of sp³-hybridized carbons (Fsp3) is 0.450. The summed E-state index contributed by atoms with van der Waals surface area (Å²) in [6, 6.07) is 5.14. The molecule has 1 heterocycles. The highest BCUT2D eigenvalue weighted by Gasteiger charge is 2.36. The second-order valence-corrected chi connectivity index (χ2v) is 8.50. The molecular weight excluding hydrogens is 398 g/mol. The van der Waals surface area contributed by atoms with Gasteiger partial charge in [-0.2, -0.15) is 0 Å². The normalized spacial score (nSPS) is 15.6. The Morgan fingerprint density at radius 2 is 1.89 bits per heavy atom. The van der Waals surface area contributed by atoms with Crippen LogP contribution in [-0.4, -0.2) is 23.9 Å². The van der Waals surface area contributed by atoms with Crippen LogP contribution in [0.1, 0.15) is 44.9 Å². The van der Waals surface area contributed by atoms with Gasteiger partial charge in [0.2, 0.25) is 11.8 Å². The van der Waals surface area contributed by atoms with Gasteiger partial charge in [-0.1, -0.05) is 30.9 Å². The molecule has 150 valence electrons. The molecule has 6 nitrogen and oxygen atoms in total. The zero-order valence-electron chi connectivity index (χ0n) is 15.8. The van der Waals surface area contributed by atoms with Gasteiger partial charge in [-0.3, -0.25) is 9.59 Å². The smallest absolute Gasteiger partial charge is 0.226 e. The third-order valence-electron chi connectivity index (χ3n) is 5.11. The van der Waals surface area contributed by atoms with Crippen molar-refractivity contribution in [3.05, 3.63) is 34.8 Å². The fourth-order valence-corrected chi connectivity index (χ4v) is 4.53. The quantitative estimate of drug-likeness (QED) is 0.650. The summed E-state index contributed by atoms with van der Waals surface area (Å²) < 4.78 is 5.13. The highest BCUT2D eigenvalue weighted by molar-refractivity contribution is 7.13. The van der Waals surface area contributed by atoms with Gasteiger partial charge in [0.15, 0.2) is 5.13 Å². The molecule has 2 N–H and O–H groups in total. The highest BCUT2D eigenvalue weighted by atomic mass is 35.5. The predicted molar refractivity (Wildman–Crippen MR) is 112 cm³/mol. The fourth-order valence-electron chi connectivity index (χ4n) is 3.77. The number of thiazole rings is 1. The largest absolute Gasteiger partial charge is 0.497 e. The van der Waals surface area contributed by atoms with E-state index in [0.29, 0.717) is 34.4 Å². The average molecular weight is 422 g/mol. The Bertz CT molecular complexity index is 820. The summed E-state index contributed by atoms with van der Waals surface area (Å²) in [5.74, 6) is 0.411. The van der Waals surface area contributed by atoms with Crippen LogP contribution >= 0.6 is 22.9 Å². The Balaban J connectivity index is 1.66. The van der Waals surface area contributed by atoms with E-state index in [4.69, 9.17) is 16.3 Å². The summed E-state index contributed by atoms with van der Waals surface area (Å²) in [5, 5.41) is 8.55. The van der Waals surface area contributed by atoms with E-state index in [9.17, 15) is 9.59 Å². The summed E-state index contributed by atoms with van der Waals surface area (Å²) in [6.45, 7) is 0. The van der Waals surface area contributed by atoms with Gasteiger partial charge in [0.25, 0.3) is 0 Å². The molecule has 3 rings (SSSR count). The molecule has 28 heavy (non-hydrogen) atoms. The van der Waals surface area contributed by atoms with Crippen molar-refractivity contribution in [2.24, 2.45) is 5.41 Å². The molecule has 1 aromatic heterocycles. The molecule has 1 fully saturated rings. The van der Waals surface area contributed by atoms with Gasteiger partial charge in [-0.05, 0) is 30.4 Å². The standard InChI is InChI=1S/C20H24ClN3O3S/c1-27-14-5-6-16(15(21)11-14)23-17(25)12-20(7-3-2-4-8-20)13-18(26)24-19-22-9-10-28-19/h5-6,9-11H,2-4,7-8,12-13H2,1H3,(H,23,25)(H,22,24,26). The number of methoxy groups -OCH3 is 1. The number of aromatic nitrogens is 1. The van der Waals surface area contributed by atoms with Crippen molar-refractivity contribution in [2.75, 3.05) is 17.7 Å². The number of carbonyl (C=O) groups is 2. The van der Waals surface area contributed by atoms with Gasteiger partial charge in [0, 0.05) is 30.5 Å². The van der Waals surface area contributed by atoms with Crippen LogP contribution in [-0.2, 0) is 9.59 Å². The number of amides is 2. The van der Waals surface area contributed by atoms with Crippen LogP contribution in [0, 0.1) is 5.41 Å². The second-order valence-electron chi connectivity index (χ2n) is 7.19. The van der Waals surface area contributed by atoms with Crippen LogP contribution in [0.3, 0.4) is 0 Å². The number of halogens is 1. The first-order valence-electron chi connectivity index (χ1n) is 9.32. The molecule has 1 aliphatic rings. The molecule has 2 amide bonds. The van der Waals surface area contributed by atoms with Crippen molar-refractivity contribution in [3.8, 4) is 5.75 Å². The number of hydrogen-bond acceptors (Lipinski definition) is 5. The van der Waals surface area contributed by atoms with Crippen molar-refractivity contribution in [1.29, 1.82) is 0 Å². The number of hydrogen-bond donors (Lipinski definition) is 2. The minimum atomic E-state index is -0.331. The average Bonchev–Trinajstić information content (AvgIpc) is 3.16. The molecule has 0 aliphatic heterocycles. The van der Waals surface area contributed by atoms with Crippen molar-refractivity contribution < 1.29 is 14.3 Å². The van der Waals surface area contributed by atoms with Gasteiger partial charge in [-0.15, -0.1) is 11.3 Å². The lowest BCUT2D eigenvalue weighted by atomic mass is 9.69. The summed E-state index contributed by atoms with van der Waals surface area (Å²) in [6.07, 6.45) is 7.19. The second kappa shape index (κ2) is 9.39. The van der Waals surface area contributed by atoms with Gasteiger partial charge >= 0.3 is 0 Å². The Morgan fingerprint density at radius 1 is 1.18 bits per heavy atom. The third kappa shape index (κ3) is 5.45. The third-order valence-corrected chi connectivity index (χ3v) is 6.12. The molecule has 0 atom stereocenters. The number of rotatable bonds is 7. The first-order chi connectivity index (χ1) is 13.5. The van der Waals surface area contributed by atoms with Gasteiger partial charge in [-0.25, -0.2) is 4.98 Å². The minimum absolute atomic E-state index is 0.0906. The first-order valence-corrected chi connectivity index (χ1v) is 10.6. The summed E-state index contributed by atoms with van der Waals surface area (Å²) in [5.41, 5.74) is 0.216. The molecule has 0 spiro atoms. The van der Waals surface area contributed by atoms with Crippen LogP contribution in [0.5, 0.6) is 5.75 Å². The molecule has 1 aromatic carbocycles. The number of ether oxygens (including phenoxy) is 1. The summed E-state index contributed by atoms with van der Waals surface area (Å²) in [4.78, 5) is 29.4. The first kappa shape index (κ1) is 20.6. The van der Waals surface area contributed by atoms with E-state index >= 15 is 0 Å². The van der Waals surface area contributed by atoms with E-state index < -0.39 is 0 Å². The van der Waals surface area contributed by atoms with Crippen molar-refractivity contribution in [3.63, 3.8) is 0 Å². The van der Waals surface area contributed by atoms with Gasteiger partial charge in [0.05, 0.1) is 17.8 Å². The molecule has 0 radical (unpaired) electrons.